The Kier molecular flexibility index (Phi) is 3.78. The van der Waals surface area contributed by atoms with Gasteiger partial charge in [0.05, 0.1) is 19.3 Å². The van der Waals surface area contributed by atoms with Gasteiger partial charge in [0.25, 0.3) is 0 Å². The highest BCUT2D eigenvalue weighted by molar-refractivity contribution is 5.95. The second-order valence-corrected chi connectivity index (χ2v) is 5.21. The molecule has 0 aliphatic carbocycles. The van der Waals surface area contributed by atoms with Gasteiger partial charge in [-0.1, -0.05) is 6.07 Å². The number of nitrogens with two attached hydrogens (primary N) is 1. The quantitative estimate of drug-likeness (QED) is 0.870. The summed E-state index contributed by atoms with van der Waals surface area (Å²) in [5.74, 6) is -0.944. The third kappa shape index (κ3) is 3.24. The van der Waals surface area contributed by atoms with Crippen LogP contribution in [0.5, 0.6) is 0 Å². The second-order valence-electron chi connectivity index (χ2n) is 5.21. The zero-order valence-corrected chi connectivity index (χ0v) is 11.5. The van der Waals surface area contributed by atoms with Crippen molar-refractivity contribution in [3.8, 4) is 0 Å². The zero-order chi connectivity index (χ0) is 14.0. The van der Waals surface area contributed by atoms with Crippen molar-refractivity contribution in [3.63, 3.8) is 0 Å². The van der Waals surface area contributed by atoms with Gasteiger partial charge >= 0.3 is 0 Å². The number of anilines is 1. The maximum Gasteiger partial charge on any atom is 0.249 e. The molecule has 0 bridgehead atoms. The molecule has 0 atom stereocenters. The van der Waals surface area contributed by atoms with Gasteiger partial charge in [0, 0.05) is 11.3 Å². The molecule has 0 saturated carbocycles. The molecule has 1 amide bonds. The number of amides is 1. The summed E-state index contributed by atoms with van der Waals surface area (Å²) in [6.45, 7) is 6.78. The van der Waals surface area contributed by atoms with E-state index in [0.717, 1.165) is 11.3 Å². The van der Waals surface area contributed by atoms with Gasteiger partial charge in [-0.2, -0.15) is 0 Å². The largest absolute Gasteiger partial charge is 0.377 e. The molecule has 1 heterocycles. The molecule has 0 spiro atoms. The first-order chi connectivity index (χ1) is 8.89. The number of primary amides is 1. The van der Waals surface area contributed by atoms with E-state index in [4.69, 9.17) is 15.2 Å². The predicted molar refractivity (Wildman–Crippen MR) is 73.1 cm³/mol. The summed E-state index contributed by atoms with van der Waals surface area (Å²) in [4.78, 5) is 11.3. The zero-order valence-electron chi connectivity index (χ0n) is 11.5. The molecule has 0 unspecified atom stereocenters. The molecule has 0 radical (unpaired) electrons. The molecule has 1 aromatic rings. The third-order valence-electron chi connectivity index (χ3n) is 3.22. The molecule has 2 rings (SSSR count). The highest BCUT2D eigenvalue weighted by Crippen LogP contribution is 2.23. The number of rotatable bonds is 3. The molecule has 1 fully saturated rings. The molecule has 19 heavy (non-hydrogen) atoms. The summed E-state index contributed by atoms with van der Waals surface area (Å²) < 4.78 is 11.2. The normalized spacial score (nSPS) is 19.1. The summed E-state index contributed by atoms with van der Waals surface area (Å²) >= 11 is 0. The van der Waals surface area contributed by atoms with E-state index in [1.807, 2.05) is 32.9 Å². The number of hydrogen-bond donors (Lipinski definition) is 2. The highest BCUT2D eigenvalue weighted by Gasteiger charge is 2.28. The Morgan fingerprint density at radius 2 is 2.00 bits per heavy atom. The van der Waals surface area contributed by atoms with Gasteiger partial charge in [-0.05, 0) is 38.5 Å². The lowest BCUT2D eigenvalue weighted by atomic mass is 10.1. The summed E-state index contributed by atoms with van der Waals surface area (Å²) in [7, 11) is 0. The fourth-order valence-corrected chi connectivity index (χ4v) is 2.05. The molecular weight excluding hydrogens is 244 g/mol. The minimum Gasteiger partial charge on any atom is -0.377 e. The highest BCUT2D eigenvalue weighted by atomic mass is 16.7. The summed E-state index contributed by atoms with van der Waals surface area (Å²) in [6, 6.07) is 5.51. The van der Waals surface area contributed by atoms with Crippen molar-refractivity contribution < 1.29 is 14.3 Å². The van der Waals surface area contributed by atoms with Crippen molar-refractivity contribution in [2.24, 2.45) is 5.73 Å². The van der Waals surface area contributed by atoms with Crippen LogP contribution in [0.1, 0.15) is 29.8 Å². The molecular formula is C14H20N2O3. The van der Waals surface area contributed by atoms with Crippen LogP contribution in [0.2, 0.25) is 0 Å². The van der Waals surface area contributed by atoms with Crippen LogP contribution in [0.3, 0.4) is 0 Å². The maximum absolute atomic E-state index is 11.3. The average Bonchev–Trinajstić information content (AvgIpc) is 2.34. The van der Waals surface area contributed by atoms with E-state index in [-0.39, 0.29) is 6.04 Å². The standard InChI is InChI=1S/C14H20N2O3/c1-9-11(13(15)17)5-4-6-12(9)16-10-7-18-14(2,3)19-8-10/h4-6,10,16H,7-8H2,1-3H3,(H2,15,17). The van der Waals surface area contributed by atoms with Crippen LogP contribution < -0.4 is 11.1 Å². The van der Waals surface area contributed by atoms with Gasteiger partial charge in [-0.15, -0.1) is 0 Å². The fourth-order valence-electron chi connectivity index (χ4n) is 2.05. The summed E-state index contributed by atoms with van der Waals surface area (Å²) in [6.07, 6.45) is 0. The molecule has 0 aromatic heterocycles. The monoisotopic (exact) mass is 264 g/mol. The average molecular weight is 264 g/mol. The number of ether oxygens (including phenoxy) is 2. The van der Waals surface area contributed by atoms with E-state index in [1.165, 1.54) is 0 Å². The van der Waals surface area contributed by atoms with Crippen LogP contribution in [-0.2, 0) is 9.47 Å². The van der Waals surface area contributed by atoms with E-state index in [0.29, 0.717) is 18.8 Å². The van der Waals surface area contributed by atoms with Crippen molar-refractivity contribution in [3.05, 3.63) is 29.3 Å². The minimum absolute atomic E-state index is 0.0647. The second kappa shape index (κ2) is 5.19. The minimum atomic E-state index is -0.525. The number of nitrogens with one attached hydrogen (secondary N) is 1. The number of carbonyl (C=O) groups excluding carboxylic acids is 1. The molecule has 3 N–H and O–H groups in total. The Balaban J connectivity index is 2.08. The Bertz CT molecular complexity index is 476. The van der Waals surface area contributed by atoms with Crippen LogP contribution in [-0.4, -0.2) is 30.9 Å². The third-order valence-corrected chi connectivity index (χ3v) is 3.22. The Morgan fingerprint density at radius 3 is 2.58 bits per heavy atom. The molecule has 5 heteroatoms. The summed E-state index contributed by atoms with van der Waals surface area (Å²) in [5, 5.41) is 3.32. The number of carbonyl (C=O) groups is 1. The van der Waals surface area contributed by atoms with Gasteiger partial charge in [0.15, 0.2) is 5.79 Å². The topological polar surface area (TPSA) is 73.6 Å². The first-order valence-corrected chi connectivity index (χ1v) is 6.33. The van der Waals surface area contributed by atoms with Crippen LogP contribution in [0.4, 0.5) is 5.69 Å². The molecule has 1 aromatic carbocycles. The summed E-state index contributed by atoms with van der Waals surface area (Å²) in [5.41, 5.74) is 7.60. The van der Waals surface area contributed by atoms with Gasteiger partial charge < -0.3 is 20.5 Å². The Labute approximate surface area is 113 Å². The molecule has 1 saturated heterocycles. The first kappa shape index (κ1) is 13.8. The van der Waals surface area contributed by atoms with Gasteiger partial charge in [0.2, 0.25) is 5.91 Å². The van der Waals surface area contributed by atoms with Crippen molar-refractivity contribution in [2.45, 2.75) is 32.6 Å². The SMILES string of the molecule is Cc1c(NC2COC(C)(C)OC2)cccc1C(N)=O. The number of hydrogen-bond acceptors (Lipinski definition) is 4. The van der Waals surface area contributed by atoms with Crippen molar-refractivity contribution in [1.82, 2.24) is 0 Å². The lowest BCUT2D eigenvalue weighted by Crippen LogP contribution is -2.45. The van der Waals surface area contributed by atoms with E-state index >= 15 is 0 Å². The van der Waals surface area contributed by atoms with E-state index < -0.39 is 11.7 Å². The van der Waals surface area contributed by atoms with Crippen molar-refractivity contribution >= 4 is 11.6 Å². The van der Waals surface area contributed by atoms with Crippen molar-refractivity contribution in [1.29, 1.82) is 0 Å². The first-order valence-electron chi connectivity index (χ1n) is 6.33. The van der Waals surface area contributed by atoms with Gasteiger partial charge in [-0.3, -0.25) is 4.79 Å². The van der Waals surface area contributed by atoms with Crippen LogP contribution in [0.15, 0.2) is 18.2 Å². The predicted octanol–water partition coefficient (Wildman–Crippen LogP) is 1.66. The van der Waals surface area contributed by atoms with Crippen LogP contribution >= 0.6 is 0 Å². The molecule has 1 aliphatic heterocycles. The van der Waals surface area contributed by atoms with E-state index in [1.54, 1.807) is 6.07 Å². The van der Waals surface area contributed by atoms with Crippen molar-refractivity contribution in [2.75, 3.05) is 18.5 Å². The van der Waals surface area contributed by atoms with Crippen LogP contribution in [0, 0.1) is 6.92 Å². The van der Waals surface area contributed by atoms with E-state index in [9.17, 15) is 4.79 Å². The van der Waals surface area contributed by atoms with Gasteiger partial charge in [-0.25, -0.2) is 0 Å². The fraction of sp³-hybridized carbons (Fsp3) is 0.500. The Morgan fingerprint density at radius 1 is 1.37 bits per heavy atom. The van der Waals surface area contributed by atoms with E-state index in [2.05, 4.69) is 5.32 Å². The van der Waals surface area contributed by atoms with Crippen LogP contribution in [0.25, 0.3) is 0 Å². The molecule has 1 aliphatic rings. The number of benzene rings is 1. The van der Waals surface area contributed by atoms with Gasteiger partial charge in [0.1, 0.15) is 0 Å². The lowest BCUT2D eigenvalue weighted by Gasteiger charge is -2.35. The lowest BCUT2D eigenvalue weighted by molar-refractivity contribution is -0.247. The Hall–Kier alpha value is -1.59. The molecule has 104 valence electrons. The molecule has 5 nitrogen and oxygen atoms in total. The maximum atomic E-state index is 11.3. The smallest absolute Gasteiger partial charge is 0.249 e.